The number of fused-ring (bicyclic) bond motifs is 1. The van der Waals surface area contributed by atoms with E-state index in [4.69, 9.17) is 5.73 Å². The summed E-state index contributed by atoms with van der Waals surface area (Å²) in [6, 6.07) is 12.2. The van der Waals surface area contributed by atoms with E-state index in [1.54, 1.807) is 11.8 Å². The molecule has 0 aliphatic carbocycles. The third-order valence-corrected chi connectivity index (χ3v) is 5.42. The Morgan fingerprint density at radius 1 is 1.26 bits per heavy atom. The molecule has 23 heavy (non-hydrogen) atoms. The Labute approximate surface area is 141 Å². The summed E-state index contributed by atoms with van der Waals surface area (Å²) in [5.41, 5.74) is 11.4. The van der Waals surface area contributed by atoms with Gasteiger partial charge < -0.3 is 10.6 Å². The second-order valence-electron chi connectivity index (χ2n) is 6.05. The van der Waals surface area contributed by atoms with Gasteiger partial charge in [0.1, 0.15) is 0 Å². The molecule has 120 valence electrons. The quantitative estimate of drug-likeness (QED) is 0.686. The van der Waals surface area contributed by atoms with Crippen molar-refractivity contribution in [3.05, 3.63) is 53.1 Å². The van der Waals surface area contributed by atoms with Crippen molar-refractivity contribution in [2.75, 3.05) is 22.9 Å². The maximum atomic E-state index is 12.7. The van der Waals surface area contributed by atoms with Crippen molar-refractivity contribution in [1.82, 2.24) is 0 Å². The fourth-order valence-electron chi connectivity index (χ4n) is 2.99. The molecule has 0 bridgehead atoms. The van der Waals surface area contributed by atoms with Crippen molar-refractivity contribution in [1.29, 1.82) is 0 Å². The molecule has 0 radical (unpaired) electrons. The molecule has 0 saturated carbocycles. The summed E-state index contributed by atoms with van der Waals surface area (Å²) in [7, 11) is 0. The SMILES string of the molecule is Cc1ccc(C)c(SCC(=O)N2CCCc3c(N)cccc32)c1. The maximum Gasteiger partial charge on any atom is 0.237 e. The number of anilines is 2. The van der Waals surface area contributed by atoms with Crippen LogP contribution in [0.3, 0.4) is 0 Å². The summed E-state index contributed by atoms with van der Waals surface area (Å²) < 4.78 is 0. The first-order chi connectivity index (χ1) is 11.1. The first kappa shape index (κ1) is 15.9. The fourth-order valence-corrected chi connectivity index (χ4v) is 3.99. The van der Waals surface area contributed by atoms with Crippen molar-refractivity contribution >= 4 is 29.0 Å². The van der Waals surface area contributed by atoms with E-state index in [1.165, 1.54) is 16.0 Å². The number of aryl methyl sites for hydroxylation is 2. The lowest BCUT2D eigenvalue weighted by atomic mass is 10.00. The number of nitrogens with two attached hydrogens (primary N) is 1. The number of hydrogen-bond donors (Lipinski definition) is 1. The van der Waals surface area contributed by atoms with E-state index in [2.05, 4.69) is 32.0 Å². The summed E-state index contributed by atoms with van der Waals surface area (Å²) in [4.78, 5) is 15.8. The summed E-state index contributed by atoms with van der Waals surface area (Å²) in [6.07, 6.45) is 1.93. The highest BCUT2D eigenvalue weighted by atomic mass is 32.2. The van der Waals surface area contributed by atoms with Crippen LogP contribution in [0.15, 0.2) is 41.3 Å². The van der Waals surface area contributed by atoms with E-state index in [0.717, 1.165) is 36.3 Å². The van der Waals surface area contributed by atoms with E-state index < -0.39 is 0 Å². The van der Waals surface area contributed by atoms with Crippen LogP contribution in [0.2, 0.25) is 0 Å². The molecule has 1 heterocycles. The van der Waals surface area contributed by atoms with Gasteiger partial charge in [-0.05, 0) is 56.0 Å². The minimum absolute atomic E-state index is 0.155. The first-order valence-electron chi connectivity index (χ1n) is 7.94. The first-order valence-corrected chi connectivity index (χ1v) is 8.92. The number of thioether (sulfide) groups is 1. The minimum Gasteiger partial charge on any atom is -0.398 e. The Hall–Kier alpha value is -1.94. The molecular formula is C19H22N2OS. The van der Waals surface area contributed by atoms with Gasteiger partial charge in [0.15, 0.2) is 0 Å². The molecule has 4 heteroatoms. The fraction of sp³-hybridized carbons (Fsp3) is 0.316. The smallest absolute Gasteiger partial charge is 0.237 e. The number of hydrogen-bond acceptors (Lipinski definition) is 3. The summed E-state index contributed by atoms with van der Waals surface area (Å²) in [6.45, 7) is 4.95. The van der Waals surface area contributed by atoms with E-state index in [1.807, 2.05) is 23.1 Å². The molecule has 1 amide bonds. The number of rotatable bonds is 3. The normalized spacial score (nSPS) is 13.7. The lowest BCUT2D eigenvalue weighted by molar-refractivity contribution is -0.116. The molecule has 1 aliphatic heterocycles. The molecule has 2 aromatic carbocycles. The molecule has 0 aromatic heterocycles. The van der Waals surface area contributed by atoms with Crippen molar-refractivity contribution in [2.45, 2.75) is 31.6 Å². The standard InChI is InChI=1S/C19H22N2OS/c1-13-8-9-14(2)18(11-13)23-12-19(22)21-10-4-5-15-16(20)6-3-7-17(15)21/h3,6-9,11H,4-5,10,12,20H2,1-2H3. The average Bonchev–Trinajstić information content (AvgIpc) is 2.55. The van der Waals surface area contributed by atoms with Crippen molar-refractivity contribution < 1.29 is 4.79 Å². The lowest BCUT2D eigenvalue weighted by Crippen LogP contribution is -2.36. The van der Waals surface area contributed by atoms with Gasteiger partial charge in [-0.15, -0.1) is 11.8 Å². The lowest BCUT2D eigenvalue weighted by Gasteiger charge is -2.30. The van der Waals surface area contributed by atoms with Crippen LogP contribution in [-0.4, -0.2) is 18.2 Å². The molecular weight excluding hydrogens is 304 g/mol. The van der Waals surface area contributed by atoms with E-state index in [-0.39, 0.29) is 5.91 Å². The highest BCUT2D eigenvalue weighted by molar-refractivity contribution is 8.00. The molecule has 0 saturated heterocycles. The van der Waals surface area contributed by atoms with Gasteiger partial charge in [-0.1, -0.05) is 23.8 Å². The van der Waals surface area contributed by atoms with Crippen molar-refractivity contribution in [3.8, 4) is 0 Å². The highest BCUT2D eigenvalue weighted by Gasteiger charge is 2.23. The molecule has 0 unspecified atom stereocenters. The molecule has 3 rings (SSSR count). The van der Waals surface area contributed by atoms with Gasteiger partial charge >= 0.3 is 0 Å². The van der Waals surface area contributed by atoms with Crippen LogP contribution in [0.4, 0.5) is 11.4 Å². The molecule has 0 atom stereocenters. The Kier molecular flexibility index (Phi) is 4.62. The van der Waals surface area contributed by atoms with Crippen LogP contribution in [0.1, 0.15) is 23.1 Å². The Bertz CT molecular complexity index is 742. The minimum atomic E-state index is 0.155. The third-order valence-electron chi connectivity index (χ3n) is 4.28. The number of carbonyl (C=O) groups excluding carboxylic acids is 1. The van der Waals surface area contributed by atoms with Gasteiger partial charge in [0.05, 0.1) is 5.75 Å². The zero-order valence-electron chi connectivity index (χ0n) is 13.6. The number of benzene rings is 2. The van der Waals surface area contributed by atoms with Gasteiger partial charge in [0.2, 0.25) is 5.91 Å². The molecule has 0 fully saturated rings. The van der Waals surface area contributed by atoms with E-state index >= 15 is 0 Å². The zero-order chi connectivity index (χ0) is 16.4. The third kappa shape index (κ3) is 3.37. The second kappa shape index (κ2) is 6.67. The van der Waals surface area contributed by atoms with E-state index in [9.17, 15) is 4.79 Å². The molecule has 1 aliphatic rings. The van der Waals surface area contributed by atoms with Gasteiger partial charge in [0.25, 0.3) is 0 Å². The second-order valence-corrected chi connectivity index (χ2v) is 7.07. The van der Waals surface area contributed by atoms with Gasteiger partial charge in [0, 0.05) is 22.8 Å². The number of nitrogen functional groups attached to an aromatic ring is 1. The molecule has 2 N–H and O–H groups in total. The van der Waals surface area contributed by atoms with Crippen LogP contribution in [0, 0.1) is 13.8 Å². The number of nitrogens with zero attached hydrogens (tertiary/aromatic N) is 1. The van der Waals surface area contributed by atoms with Crippen LogP contribution in [-0.2, 0) is 11.2 Å². The summed E-state index contributed by atoms with van der Waals surface area (Å²) in [5, 5.41) is 0. The predicted octanol–water partition coefficient (Wildman–Crippen LogP) is 3.96. The average molecular weight is 326 g/mol. The van der Waals surface area contributed by atoms with Gasteiger partial charge in [-0.2, -0.15) is 0 Å². The Morgan fingerprint density at radius 2 is 2.09 bits per heavy atom. The van der Waals surface area contributed by atoms with Crippen LogP contribution >= 0.6 is 11.8 Å². The van der Waals surface area contributed by atoms with Gasteiger partial charge in [-0.25, -0.2) is 0 Å². The summed E-state index contributed by atoms with van der Waals surface area (Å²) >= 11 is 1.62. The van der Waals surface area contributed by atoms with Crippen LogP contribution in [0.5, 0.6) is 0 Å². The van der Waals surface area contributed by atoms with Crippen LogP contribution < -0.4 is 10.6 Å². The largest absolute Gasteiger partial charge is 0.398 e. The van der Waals surface area contributed by atoms with Crippen LogP contribution in [0.25, 0.3) is 0 Å². The zero-order valence-corrected chi connectivity index (χ0v) is 14.5. The number of carbonyl (C=O) groups is 1. The Balaban J connectivity index is 1.75. The molecule has 0 spiro atoms. The topological polar surface area (TPSA) is 46.3 Å². The number of amides is 1. The molecule has 2 aromatic rings. The van der Waals surface area contributed by atoms with Crippen molar-refractivity contribution in [3.63, 3.8) is 0 Å². The van der Waals surface area contributed by atoms with E-state index in [0.29, 0.717) is 5.75 Å². The monoisotopic (exact) mass is 326 g/mol. The molecule has 3 nitrogen and oxygen atoms in total. The van der Waals surface area contributed by atoms with Gasteiger partial charge in [-0.3, -0.25) is 4.79 Å². The van der Waals surface area contributed by atoms with Crippen molar-refractivity contribution in [2.24, 2.45) is 0 Å². The predicted molar refractivity (Wildman–Crippen MR) is 98.2 cm³/mol. The Morgan fingerprint density at radius 3 is 2.91 bits per heavy atom. The summed E-state index contributed by atoms with van der Waals surface area (Å²) in [5.74, 6) is 0.612. The maximum absolute atomic E-state index is 12.7. The highest BCUT2D eigenvalue weighted by Crippen LogP contribution is 2.32.